The fourth-order valence-corrected chi connectivity index (χ4v) is 3.37. The van der Waals surface area contributed by atoms with Crippen molar-refractivity contribution in [3.8, 4) is 10.6 Å². The molecule has 0 saturated heterocycles. The highest BCUT2D eigenvalue weighted by Crippen LogP contribution is 2.32. The number of hydrogen-bond acceptors (Lipinski definition) is 3. The van der Waals surface area contributed by atoms with Crippen LogP contribution in [0.2, 0.25) is 0 Å². The summed E-state index contributed by atoms with van der Waals surface area (Å²) in [5, 5.41) is 0.956. The lowest BCUT2D eigenvalue weighted by Crippen LogP contribution is -2.08. The number of carbonyl (C=O) groups excluding carboxylic acids is 1. The molecule has 0 N–H and O–H groups in total. The molecule has 3 rings (SSSR count). The van der Waals surface area contributed by atoms with Crippen LogP contribution in [0, 0.1) is 0 Å². The molecule has 2 nitrogen and oxygen atoms in total. The van der Waals surface area contributed by atoms with Gasteiger partial charge in [0.25, 0.3) is 0 Å². The number of Topliss-reactive ketones (excluding diaryl/α,β-unsaturated/α-hetero) is 1. The summed E-state index contributed by atoms with van der Waals surface area (Å²) in [5.41, 5.74) is 1.79. The maximum atomic E-state index is 11.7. The van der Waals surface area contributed by atoms with E-state index in [0.717, 1.165) is 32.8 Å². The maximum absolute atomic E-state index is 11.7. The van der Waals surface area contributed by atoms with Gasteiger partial charge >= 0.3 is 0 Å². The maximum Gasteiger partial charge on any atom is 0.182 e. The monoisotopic (exact) mass is 307 g/mol. The van der Waals surface area contributed by atoms with Crippen LogP contribution >= 0.6 is 27.3 Å². The second-order valence-electron chi connectivity index (χ2n) is 4.07. The van der Waals surface area contributed by atoms with Gasteiger partial charge in [-0.1, -0.05) is 28.1 Å². The van der Waals surface area contributed by atoms with Gasteiger partial charge in [-0.3, -0.25) is 4.79 Å². The van der Waals surface area contributed by atoms with Crippen molar-refractivity contribution < 1.29 is 4.79 Å². The van der Waals surface area contributed by atoms with E-state index in [4.69, 9.17) is 0 Å². The number of benzene rings is 1. The number of thiazole rings is 1. The van der Waals surface area contributed by atoms with Gasteiger partial charge in [-0.25, -0.2) is 4.98 Å². The van der Waals surface area contributed by atoms with E-state index < -0.39 is 0 Å². The number of nitrogens with zero attached hydrogens (tertiary/aromatic N) is 1. The zero-order valence-electron chi connectivity index (χ0n) is 9.07. The molecule has 0 saturated carbocycles. The van der Waals surface area contributed by atoms with Gasteiger partial charge in [-0.2, -0.15) is 0 Å². The lowest BCUT2D eigenvalue weighted by molar-refractivity contribution is 0.0968. The first-order chi connectivity index (χ1) is 8.24. The van der Waals surface area contributed by atoms with Gasteiger partial charge in [0.1, 0.15) is 10.7 Å². The highest BCUT2D eigenvalue weighted by atomic mass is 79.9. The highest BCUT2D eigenvalue weighted by Gasteiger charge is 2.22. The van der Waals surface area contributed by atoms with Crippen LogP contribution in [0.1, 0.15) is 28.2 Å². The molecule has 1 aliphatic carbocycles. The van der Waals surface area contributed by atoms with Crippen molar-refractivity contribution in [2.45, 2.75) is 19.3 Å². The van der Waals surface area contributed by atoms with Gasteiger partial charge in [0.2, 0.25) is 0 Å². The van der Waals surface area contributed by atoms with Gasteiger partial charge in [-0.05, 0) is 25.0 Å². The van der Waals surface area contributed by atoms with E-state index in [1.54, 1.807) is 11.3 Å². The standard InChI is InChI=1S/C13H10BrNOS/c14-9-6-4-8(5-7-9)13-15-12-10(16)2-1-3-11(12)17-13/h4-7H,1-3H2. The molecule has 0 fully saturated rings. The summed E-state index contributed by atoms with van der Waals surface area (Å²) < 4.78 is 1.05. The number of carbonyl (C=O) groups is 1. The van der Waals surface area contributed by atoms with Crippen molar-refractivity contribution in [1.82, 2.24) is 4.98 Å². The largest absolute Gasteiger partial charge is 0.292 e. The Morgan fingerprint density at radius 3 is 2.65 bits per heavy atom. The molecule has 86 valence electrons. The van der Waals surface area contributed by atoms with Crippen molar-refractivity contribution in [1.29, 1.82) is 0 Å². The molecular weight excluding hydrogens is 298 g/mol. The fourth-order valence-electron chi connectivity index (χ4n) is 1.98. The molecule has 0 radical (unpaired) electrons. The van der Waals surface area contributed by atoms with E-state index in [9.17, 15) is 4.79 Å². The Bertz CT molecular complexity index is 574. The third-order valence-corrected chi connectivity index (χ3v) is 4.55. The van der Waals surface area contributed by atoms with Crippen LogP contribution < -0.4 is 0 Å². The van der Waals surface area contributed by atoms with Crippen LogP contribution in [-0.4, -0.2) is 10.8 Å². The zero-order valence-corrected chi connectivity index (χ0v) is 11.5. The van der Waals surface area contributed by atoms with Crippen LogP contribution in [0.3, 0.4) is 0 Å². The highest BCUT2D eigenvalue weighted by molar-refractivity contribution is 9.10. The predicted molar refractivity (Wildman–Crippen MR) is 72.5 cm³/mol. The number of rotatable bonds is 1. The summed E-state index contributed by atoms with van der Waals surface area (Å²) in [6.45, 7) is 0. The Labute approximate surface area is 112 Å². The van der Waals surface area contributed by atoms with Crippen LogP contribution in [0.5, 0.6) is 0 Å². The van der Waals surface area contributed by atoms with Crippen LogP contribution in [0.15, 0.2) is 28.7 Å². The average Bonchev–Trinajstić information content (AvgIpc) is 2.75. The lowest BCUT2D eigenvalue weighted by atomic mass is 10.0. The molecule has 0 bridgehead atoms. The summed E-state index contributed by atoms with van der Waals surface area (Å²) in [4.78, 5) is 17.4. The number of fused-ring (bicyclic) bond motifs is 1. The number of hydrogen-bond donors (Lipinski definition) is 0. The molecule has 0 atom stereocenters. The minimum atomic E-state index is 0.200. The molecule has 2 aromatic rings. The molecule has 1 aliphatic rings. The van der Waals surface area contributed by atoms with Crippen molar-refractivity contribution in [3.05, 3.63) is 39.3 Å². The predicted octanol–water partition coefficient (Wildman–Crippen LogP) is 4.09. The smallest absolute Gasteiger partial charge is 0.182 e. The molecule has 1 aromatic carbocycles. The molecule has 0 spiro atoms. The van der Waals surface area contributed by atoms with Crippen molar-refractivity contribution >= 4 is 33.0 Å². The van der Waals surface area contributed by atoms with Crippen LogP contribution in [-0.2, 0) is 6.42 Å². The fraction of sp³-hybridized carbons (Fsp3) is 0.231. The second-order valence-corrected chi connectivity index (χ2v) is 6.07. The van der Waals surface area contributed by atoms with Gasteiger partial charge in [0, 0.05) is 21.3 Å². The summed E-state index contributed by atoms with van der Waals surface area (Å²) in [6.07, 6.45) is 2.61. The van der Waals surface area contributed by atoms with Crippen molar-refractivity contribution in [2.24, 2.45) is 0 Å². The minimum absolute atomic E-state index is 0.200. The molecule has 0 aliphatic heterocycles. The first kappa shape index (κ1) is 11.1. The zero-order chi connectivity index (χ0) is 11.8. The van der Waals surface area contributed by atoms with E-state index in [-0.39, 0.29) is 5.78 Å². The van der Waals surface area contributed by atoms with Crippen molar-refractivity contribution in [3.63, 3.8) is 0 Å². The van der Waals surface area contributed by atoms with Crippen LogP contribution in [0.4, 0.5) is 0 Å². The molecule has 17 heavy (non-hydrogen) atoms. The van der Waals surface area contributed by atoms with Crippen molar-refractivity contribution in [2.75, 3.05) is 0 Å². The number of aromatic nitrogens is 1. The normalized spacial score (nSPS) is 14.8. The minimum Gasteiger partial charge on any atom is -0.292 e. The van der Waals surface area contributed by atoms with E-state index in [2.05, 4.69) is 20.9 Å². The Morgan fingerprint density at radius 1 is 1.18 bits per heavy atom. The lowest BCUT2D eigenvalue weighted by Gasteiger charge is -2.06. The molecule has 1 heterocycles. The van der Waals surface area contributed by atoms with E-state index in [1.807, 2.05) is 24.3 Å². The van der Waals surface area contributed by atoms with Gasteiger partial charge in [0.05, 0.1) is 0 Å². The Morgan fingerprint density at radius 2 is 1.94 bits per heavy atom. The van der Waals surface area contributed by atoms with E-state index in [0.29, 0.717) is 12.1 Å². The Hall–Kier alpha value is -1.00. The summed E-state index contributed by atoms with van der Waals surface area (Å²) in [6, 6.07) is 8.05. The SMILES string of the molecule is O=C1CCCc2sc(-c3ccc(Br)cc3)nc21. The second kappa shape index (κ2) is 4.35. The number of halogens is 1. The molecule has 0 amide bonds. The summed E-state index contributed by atoms with van der Waals surface area (Å²) >= 11 is 5.06. The quantitative estimate of drug-likeness (QED) is 0.794. The Balaban J connectivity index is 2.05. The summed E-state index contributed by atoms with van der Waals surface area (Å²) in [7, 11) is 0. The summed E-state index contributed by atoms with van der Waals surface area (Å²) in [5.74, 6) is 0.200. The average molecular weight is 308 g/mol. The van der Waals surface area contributed by atoms with Gasteiger partial charge < -0.3 is 0 Å². The van der Waals surface area contributed by atoms with E-state index in [1.165, 1.54) is 0 Å². The number of ketones is 1. The third kappa shape index (κ3) is 2.07. The number of aryl methyl sites for hydroxylation is 1. The molecule has 0 unspecified atom stereocenters. The van der Waals surface area contributed by atoms with Crippen LogP contribution in [0.25, 0.3) is 10.6 Å². The third-order valence-electron chi connectivity index (χ3n) is 2.86. The topological polar surface area (TPSA) is 30.0 Å². The first-order valence-corrected chi connectivity index (χ1v) is 7.14. The van der Waals surface area contributed by atoms with E-state index >= 15 is 0 Å². The van der Waals surface area contributed by atoms with Gasteiger partial charge in [-0.15, -0.1) is 11.3 Å². The molecule has 4 heteroatoms. The van der Waals surface area contributed by atoms with Gasteiger partial charge in [0.15, 0.2) is 5.78 Å². The Kier molecular flexibility index (Phi) is 2.84. The first-order valence-electron chi connectivity index (χ1n) is 5.53. The molecule has 1 aromatic heterocycles. The molecular formula is C13H10BrNOS.